The van der Waals surface area contributed by atoms with Gasteiger partial charge in [-0.3, -0.25) is 33.8 Å². The molecule has 12 nitrogen and oxygen atoms in total. The van der Waals surface area contributed by atoms with E-state index in [4.69, 9.17) is 4.74 Å². The van der Waals surface area contributed by atoms with Crippen molar-refractivity contribution in [3.63, 3.8) is 0 Å². The number of aliphatic carboxylic acids is 1. The first-order valence-corrected chi connectivity index (χ1v) is 10.3. The van der Waals surface area contributed by atoms with Gasteiger partial charge in [-0.2, -0.15) is 0 Å². The van der Waals surface area contributed by atoms with Crippen LogP contribution in [0.3, 0.4) is 0 Å². The Kier molecular flexibility index (Phi) is 6.07. The molecule has 0 aliphatic carbocycles. The van der Waals surface area contributed by atoms with E-state index in [2.05, 4.69) is 0 Å². The van der Waals surface area contributed by atoms with Gasteiger partial charge < -0.3 is 9.84 Å². The second-order valence-electron chi connectivity index (χ2n) is 8.95. The molecule has 0 bridgehead atoms. The molecule has 32 heavy (non-hydrogen) atoms. The second-order valence-corrected chi connectivity index (χ2v) is 8.95. The van der Waals surface area contributed by atoms with E-state index in [1.807, 2.05) is 0 Å². The van der Waals surface area contributed by atoms with Crippen LogP contribution in [0.1, 0.15) is 59.3 Å². The highest BCUT2D eigenvalue weighted by molar-refractivity contribution is 6.11. The number of amides is 6. The van der Waals surface area contributed by atoms with Gasteiger partial charge in [0.1, 0.15) is 23.7 Å². The van der Waals surface area contributed by atoms with Crippen LogP contribution in [-0.2, 0) is 33.5 Å². The van der Waals surface area contributed by atoms with Gasteiger partial charge in [0.15, 0.2) is 0 Å². The number of likely N-dealkylation sites (tertiary alicyclic amines) is 3. The number of imide groups is 3. The lowest BCUT2D eigenvalue weighted by Gasteiger charge is -2.31. The fraction of sp³-hybridized carbons (Fsp3) is 0.650. The normalized spacial score (nSPS) is 26.2. The number of hydrogen-bond acceptors (Lipinski definition) is 8. The minimum atomic E-state index is -1.38. The van der Waals surface area contributed by atoms with Crippen LogP contribution < -0.4 is 0 Å². The summed E-state index contributed by atoms with van der Waals surface area (Å²) in [6.45, 7) is 4.77. The van der Waals surface area contributed by atoms with Crippen molar-refractivity contribution in [2.75, 3.05) is 0 Å². The van der Waals surface area contributed by atoms with E-state index in [1.165, 1.54) is 0 Å². The van der Waals surface area contributed by atoms with Gasteiger partial charge in [0.05, 0.1) is 0 Å². The summed E-state index contributed by atoms with van der Waals surface area (Å²) in [4.78, 5) is 89.1. The summed E-state index contributed by atoms with van der Waals surface area (Å²) < 4.78 is 5.20. The number of carbonyl (C=O) groups is 7. The van der Waals surface area contributed by atoms with Crippen LogP contribution in [0.25, 0.3) is 0 Å². The van der Waals surface area contributed by atoms with Gasteiger partial charge in [-0.25, -0.2) is 14.5 Å². The molecule has 0 aromatic rings. The monoisotopic (exact) mass is 451 g/mol. The van der Waals surface area contributed by atoms with Crippen LogP contribution >= 0.6 is 0 Å². The summed E-state index contributed by atoms with van der Waals surface area (Å²) in [5, 5.41) is 9.32. The zero-order chi connectivity index (χ0) is 24.0. The molecule has 3 aliphatic heterocycles. The molecular formula is C20H25N3O9. The van der Waals surface area contributed by atoms with E-state index in [1.54, 1.807) is 20.8 Å². The van der Waals surface area contributed by atoms with E-state index in [9.17, 15) is 38.7 Å². The van der Waals surface area contributed by atoms with Crippen molar-refractivity contribution in [3.05, 3.63) is 0 Å². The molecule has 174 valence electrons. The zero-order valence-electron chi connectivity index (χ0n) is 18.0. The van der Waals surface area contributed by atoms with Crippen molar-refractivity contribution in [1.82, 2.24) is 14.7 Å². The molecule has 0 radical (unpaired) electrons. The molecule has 6 amide bonds. The summed E-state index contributed by atoms with van der Waals surface area (Å²) in [6.07, 6.45) is -1.67. The van der Waals surface area contributed by atoms with Gasteiger partial charge in [-0.15, -0.1) is 0 Å². The third-order valence-corrected chi connectivity index (χ3v) is 5.56. The van der Waals surface area contributed by atoms with Crippen molar-refractivity contribution < 1.29 is 43.4 Å². The lowest BCUT2D eigenvalue weighted by atomic mass is 10.1. The fourth-order valence-corrected chi connectivity index (χ4v) is 4.17. The predicted octanol–water partition coefficient (Wildman–Crippen LogP) is 0.0323. The summed E-state index contributed by atoms with van der Waals surface area (Å²) in [5.74, 6) is -5.28. The van der Waals surface area contributed by atoms with Crippen molar-refractivity contribution in [2.24, 2.45) is 0 Å². The maximum absolute atomic E-state index is 13.2. The summed E-state index contributed by atoms with van der Waals surface area (Å²) in [7, 11) is 0. The van der Waals surface area contributed by atoms with E-state index < -0.39 is 65.3 Å². The number of hydrogen-bond donors (Lipinski definition) is 1. The summed E-state index contributed by atoms with van der Waals surface area (Å²) in [6, 6.07) is -4.08. The quantitative estimate of drug-likeness (QED) is 0.584. The summed E-state index contributed by atoms with van der Waals surface area (Å²) in [5.41, 5.74) is -0.933. The van der Waals surface area contributed by atoms with Crippen LogP contribution in [0.2, 0.25) is 0 Å². The zero-order valence-corrected chi connectivity index (χ0v) is 18.0. The van der Waals surface area contributed by atoms with Crippen LogP contribution in [0.4, 0.5) is 4.79 Å². The first-order valence-electron chi connectivity index (χ1n) is 10.3. The first kappa shape index (κ1) is 23.4. The molecule has 3 saturated heterocycles. The van der Waals surface area contributed by atoms with E-state index in [-0.39, 0.29) is 38.5 Å². The Labute approximate surface area is 183 Å². The van der Waals surface area contributed by atoms with E-state index in [0.29, 0.717) is 14.7 Å². The molecular weight excluding hydrogens is 426 g/mol. The molecule has 1 N–H and O–H groups in total. The Bertz CT molecular complexity index is 906. The molecule has 3 fully saturated rings. The van der Waals surface area contributed by atoms with Crippen molar-refractivity contribution in [3.8, 4) is 0 Å². The van der Waals surface area contributed by atoms with Gasteiger partial charge in [0, 0.05) is 19.3 Å². The van der Waals surface area contributed by atoms with Gasteiger partial charge in [0.25, 0.3) is 11.8 Å². The average molecular weight is 451 g/mol. The van der Waals surface area contributed by atoms with Crippen LogP contribution in [0.15, 0.2) is 0 Å². The van der Waals surface area contributed by atoms with Crippen molar-refractivity contribution >= 4 is 41.6 Å². The Hall–Kier alpha value is -3.31. The van der Waals surface area contributed by atoms with Gasteiger partial charge in [0.2, 0.25) is 17.7 Å². The van der Waals surface area contributed by atoms with Crippen molar-refractivity contribution in [2.45, 2.75) is 83.0 Å². The molecule has 12 heteroatoms. The molecule has 0 aromatic heterocycles. The Morgan fingerprint density at radius 1 is 0.750 bits per heavy atom. The molecule has 0 unspecified atom stereocenters. The average Bonchev–Trinajstić information content (AvgIpc) is 3.35. The first-order chi connectivity index (χ1) is 14.8. The topological polar surface area (TPSA) is 159 Å². The van der Waals surface area contributed by atoms with Crippen LogP contribution in [-0.4, -0.2) is 85.1 Å². The largest absolute Gasteiger partial charge is 0.480 e. The molecule has 0 aromatic carbocycles. The van der Waals surface area contributed by atoms with Crippen LogP contribution in [0.5, 0.6) is 0 Å². The Morgan fingerprint density at radius 3 is 1.56 bits per heavy atom. The number of nitrogens with zero attached hydrogens (tertiary/aromatic N) is 3. The fourth-order valence-electron chi connectivity index (χ4n) is 4.17. The standard InChI is InChI=1S/C20H25N3O9/c1-20(2,3)32-19(31)23-11(5-8-15(23)26)17(28)21-10(4-7-13(21)24)16(27)22-12(18(29)30)6-9-14(22)25/h10-12H,4-9H2,1-3H3,(H,29,30)/t10-,11-,12-/m0/s1. The maximum Gasteiger partial charge on any atom is 0.417 e. The van der Waals surface area contributed by atoms with Gasteiger partial charge in [-0.1, -0.05) is 0 Å². The van der Waals surface area contributed by atoms with E-state index >= 15 is 0 Å². The third kappa shape index (κ3) is 4.21. The van der Waals surface area contributed by atoms with Crippen LogP contribution in [0, 0.1) is 0 Å². The SMILES string of the molecule is CC(C)(C)OC(=O)N1C(=O)CC[C@H]1C(=O)N1C(=O)CC[C@H]1C(=O)N1C(=O)CC[C@H]1C(=O)O. The minimum Gasteiger partial charge on any atom is -0.480 e. The highest BCUT2D eigenvalue weighted by atomic mass is 16.6. The minimum absolute atomic E-state index is 0.0536. The van der Waals surface area contributed by atoms with Gasteiger partial charge >= 0.3 is 12.1 Å². The Morgan fingerprint density at radius 2 is 1.12 bits per heavy atom. The summed E-state index contributed by atoms with van der Waals surface area (Å²) >= 11 is 0. The highest BCUT2D eigenvalue weighted by Crippen LogP contribution is 2.30. The third-order valence-electron chi connectivity index (χ3n) is 5.56. The molecule has 3 aliphatic rings. The molecule has 0 spiro atoms. The van der Waals surface area contributed by atoms with Gasteiger partial charge in [-0.05, 0) is 40.0 Å². The molecule has 3 atom stereocenters. The lowest BCUT2D eigenvalue weighted by Crippen LogP contribution is -2.57. The molecule has 0 saturated carbocycles. The van der Waals surface area contributed by atoms with Crippen molar-refractivity contribution in [1.29, 1.82) is 0 Å². The second kappa shape index (κ2) is 8.32. The number of carboxylic acids is 1. The maximum atomic E-state index is 13.2. The molecule has 3 rings (SSSR count). The number of rotatable bonds is 3. The lowest BCUT2D eigenvalue weighted by molar-refractivity contribution is -0.160. The molecule has 3 heterocycles. The number of carboxylic acid groups (broad SMARTS) is 1. The predicted molar refractivity (Wildman–Crippen MR) is 103 cm³/mol. The number of ether oxygens (including phenoxy) is 1. The smallest absolute Gasteiger partial charge is 0.417 e. The highest BCUT2D eigenvalue weighted by Gasteiger charge is 2.52. The van der Waals surface area contributed by atoms with E-state index in [0.717, 1.165) is 0 Å². The number of carbonyl (C=O) groups excluding carboxylic acids is 6. The Balaban J connectivity index is 1.85.